The van der Waals surface area contributed by atoms with Gasteiger partial charge in [-0.1, -0.05) is 0 Å². The van der Waals surface area contributed by atoms with Crippen LogP contribution in [0.4, 0.5) is 0 Å². The second-order valence-electron chi connectivity index (χ2n) is 4.07. The molecule has 0 aliphatic carbocycles. The molecule has 1 aromatic carbocycles. The number of rotatable bonds is 6. The van der Waals surface area contributed by atoms with E-state index in [1.807, 2.05) is 12.1 Å². The molecular weight excluding hydrogens is 386 g/mol. The summed E-state index contributed by atoms with van der Waals surface area (Å²) in [6.07, 6.45) is 1.83. The maximum Gasteiger partial charge on any atom is 0.147 e. The minimum Gasteiger partial charge on any atom is -0.506 e. The number of phenolic OH excluding ortho intramolecular Hbond substituents is 1. The Bertz CT molecular complexity index is 494. The highest BCUT2D eigenvalue weighted by Crippen LogP contribution is 2.33. The largest absolute Gasteiger partial charge is 0.506 e. The van der Waals surface area contributed by atoms with E-state index in [0.29, 0.717) is 28.5 Å². The Labute approximate surface area is 124 Å². The summed E-state index contributed by atoms with van der Waals surface area (Å²) in [5, 5.41) is 12.7. The van der Waals surface area contributed by atoms with Gasteiger partial charge in [0.25, 0.3) is 0 Å². The fraction of sp³-hybridized carbons (Fsp3) is 0.455. The van der Waals surface area contributed by atoms with Gasteiger partial charge in [-0.2, -0.15) is 0 Å². The lowest BCUT2D eigenvalue weighted by Gasteiger charge is -2.07. The van der Waals surface area contributed by atoms with Crippen molar-refractivity contribution in [2.75, 3.05) is 18.6 Å². The number of nitrogens with one attached hydrogen (secondary N) is 1. The Morgan fingerprint density at radius 3 is 2.33 bits per heavy atom. The van der Waals surface area contributed by atoms with Gasteiger partial charge >= 0.3 is 0 Å². The summed E-state index contributed by atoms with van der Waals surface area (Å²) in [5.41, 5.74) is 1.01. The van der Waals surface area contributed by atoms with Gasteiger partial charge in [0.15, 0.2) is 0 Å². The van der Waals surface area contributed by atoms with E-state index in [0.717, 1.165) is 5.56 Å². The van der Waals surface area contributed by atoms with Gasteiger partial charge in [-0.15, -0.1) is 0 Å². The van der Waals surface area contributed by atoms with Crippen LogP contribution in [0.2, 0.25) is 0 Å². The number of phenols is 1. The molecule has 1 aromatic rings. The van der Waals surface area contributed by atoms with E-state index < -0.39 is 9.84 Å². The molecule has 0 fully saturated rings. The molecule has 2 N–H and O–H groups in total. The Morgan fingerprint density at radius 1 is 1.28 bits per heavy atom. The zero-order valence-corrected chi connectivity index (χ0v) is 13.9. The molecule has 0 saturated heterocycles. The Morgan fingerprint density at radius 2 is 1.83 bits per heavy atom. The topological polar surface area (TPSA) is 66.4 Å². The molecule has 0 saturated carbocycles. The fourth-order valence-electron chi connectivity index (χ4n) is 1.41. The summed E-state index contributed by atoms with van der Waals surface area (Å²) in [6.45, 7) is 1.27. The highest BCUT2D eigenvalue weighted by molar-refractivity contribution is 9.11. The quantitative estimate of drug-likeness (QED) is 0.719. The molecule has 0 heterocycles. The third-order valence-corrected chi connectivity index (χ3v) is 4.51. The number of hydrogen-bond donors (Lipinski definition) is 2. The highest BCUT2D eigenvalue weighted by Gasteiger charge is 2.06. The predicted octanol–water partition coefficient (Wildman–Crippen LogP) is 2.44. The number of benzene rings is 1. The van der Waals surface area contributed by atoms with Crippen LogP contribution in [0.1, 0.15) is 12.0 Å². The van der Waals surface area contributed by atoms with Crippen molar-refractivity contribution in [2.24, 2.45) is 0 Å². The summed E-state index contributed by atoms with van der Waals surface area (Å²) in [5.74, 6) is 0.374. The summed E-state index contributed by atoms with van der Waals surface area (Å²) in [7, 11) is -2.88. The molecule has 0 aromatic heterocycles. The molecule has 0 aliphatic heterocycles. The molecule has 4 nitrogen and oxygen atoms in total. The Kier molecular flexibility index (Phi) is 6.10. The maximum atomic E-state index is 10.9. The van der Waals surface area contributed by atoms with Gasteiger partial charge in [0.05, 0.1) is 14.7 Å². The van der Waals surface area contributed by atoms with Crippen molar-refractivity contribution >= 4 is 41.7 Å². The zero-order chi connectivity index (χ0) is 13.8. The maximum absolute atomic E-state index is 10.9. The van der Waals surface area contributed by atoms with Gasteiger partial charge in [0.2, 0.25) is 0 Å². The van der Waals surface area contributed by atoms with Crippen LogP contribution in [0.5, 0.6) is 5.75 Å². The molecule has 1 rings (SSSR count). The van der Waals surface area contributed by atoms with Gasteiger partial charge in [-0.05, 0) is 62.5 Å². The predicted molar refractivity (Wildman–Crippen MR) is 79.5 cm³/mol. The lowest BCUT2D eigenvalue weighted by atomic mass is 10.2. The molecular formula is C11H15Br2NO3S. The number of aromatic hydroxyl groups is 1. The normalized spacial score (nSPS) is 11.7. The van der Waals surface area contributed by atoms with Crippen LogP contribution in [-0.4, -0.2) is 32.1 Å². The molecule has 0 amide bonds. The third kappa shape index (κ3) is 5.69. The van der Waals surface area contributed by atoms with E-state index in [2.05, 4.69) is 37.2 Å². The molecule has 0 radical (unpaired) electrons. The van der Waals surface area contributed by atoms with Crippen molar-refractivity contribution < 1.29 is 13.5 Å². The van der Waals surface area contributed by atoms with Crippen LogP contribution < -0.4 is 5.32 Å². The van der Waals surface area contributed by atoms with Crippen molar-refractivity contribution in [3.8, 4) is 5.75 Å². The van der Waals surface area contributed by atoms with E-state index in [4.69, 9.17) is 0 Å². The number of halogens is 2. The first-order chi connectivity index (χ1) is 8.29. The minimum absolute atomic E-state index is 0.177. The summed E-state index contributed by atoms with van der Waals surface area (Å²) >= 11 is 6.52. The molecule has 0 spiro atoms. The summed E-state index contributed by atoms with van der Waals surface area (Å²) in [4.78, 5) is 0. The first-order valence-electron chi connectivity index (χ1n) is 5.35. The van der Waals surface area contributed by atoms with Crippen LogP contribution in [-0.2, 0) is 16.4 Å². The molecule has 0 bridgehead atoms. The van der Waals surface area contributed by atoms with E-state index in [1.165, 1.54) is 6.26 Å². The molecule has 0 unspecified atom stereocenters. The fourth-order valence-corrected chi connectivity index (χ4v) is 3.36. The van der Waals surface area contributed by atoms with Crippen LogP contribution >= 0.6 is 31.9 Å². The van der Waals surface area contributed by atoms with Gasteiger partial charge in [-0.25, -0.2) is 8.42 Å². The van der Waals surface area contributed by atoms with E-state index in [1.54, 1.807) is 0 Å². The second-order valence-corrected chi connectivity index (χ2v) is 8.04. The standard InChI is InChI=1S/C11H15Br2NO3S/c1-18(16,17)4-2-3-14-7-8-5-9(12)11(15)10(13)6-8/h5-6,14-15H,2-4,7H2,1H3. The molecule has 7 heteroatoms. The van der Waals surface area contributed by atoms with Gasteiger partial charge < -0.3 is 10.4 Å². The second kappa shape index (κ2) is 6.88. The van der Waals surface area contributed by atoms with E-state index >= 15 is 0 Å². The average Bonchev–Trinajstić information content (AvgIpc) is 2.23. The number of sulfone groups is 1. The van der Waals surface area contributed by atoms with Crippen LogP contribution in [0, 0.1) is 0 Å². The van der Waals surface area contributed by atoms with Crippen molar-refractivity contribution in [2.45, 2.75) is 13.0 Å². The Balaban J connectivity index is 2.41. The SMILES string of the molecule is CS(=O)(=O)CCCNCc1cc(Br)c(O)c(Br)c1. The van der Waals surface area contributed by atoms with Crippen LogP contribution in [0.3, 0.4) is 0 Å². The van der Waals surface area contributed by atoms with Gasteiger partial charge in [-0.3, -0.25) is 0 Å². The average molecular weight is 401 g/mol. The third-order valence-electron chi connectivity index (χ3n) is 2.27. The first kappa shape index (κ1) is 15.9. The molecule has 102 valence electrons. The van der Waals surface area contributed by atoms with Crippen molar-refractivity contribution in [1.82, 2.24) is 5.32 Å². The first-order valence-corrected chi connectivity index (χ1v) is 8.99. The minimum atomic E-state index is -2.88. The van der Waals surface area contributed by atoms with Crippen molar-refractivity contribution in [1.29, 1.82) is 0 Å². The van der Waals surface area contributed by atoms with Crippen LogP contribution in [0.15, 0.2) is 21.1 Å². The zero-order valence-electron chi connectivity index (χ0n) is 9.91. The lowest BCUT2D eigenvalue weighted by molar-refractivity contribution is 0.468. The van der Waals surface area contributed by atoms with Gasteiger partial charge in [0.1, 0.15) is 15.6 Å². The van der Waals surface area contributed by atoms with Gasteiger partial charge in [0, 0.05) is 12.8 Å². The van der Waals surface area contributed by atoms with Crippen LogP contribution in [0.25, 0.3) is 0 Å². The Hall–Kier alpha value is -0.110. The highest BCUT2D eigenvalue weighted by atomic mass is 79.9. The van der Waals surface area contributed by atoms with Crippen molar-refractivity contribution in [3.63, 3.8) is 0 Å². The van der Waals surface area contributed by atoms with Crippen molar-refractivity contribution in [3.05, 3.63) is 26.6 Å². The summed E-state index contributed by atoms with van der Waals surface area (Å²) in [6, 6.07) is 3.65. The molecule has 18 heavy (non-hydrogen) atoms. The monoisotopic (exact) mass is 399 g/mol. The summed E-state index contributed by atoms with van der Waals surface area (Å²) < 4.78 is 23.1. The number of hydrogen-bond acceptors (Lipinski definition) is 4. The van der Waals surface area contributed by atoms with E-state index in [9.17, 15) is 13.5 Å². The molecule has 0 atom stereocenters. The molecule has 0 aliphatic rings. The van der Waals surface area contributed by atoms with E-state index in [-0.39, 0.29) is 11.5 Å². The smallest absolute Gasteiger partial charge is 0.147 e. The lowest BCUT2D eigenvalue weighted by Crippen LogP contribution is -2.17.